The van der Waals surface area contributed by atoms with Gasteiger partial charge in [-0.1, -0.05) is 35.9 Å². The van der Waals surface area contributed by atoms with E-state index in [4.69, 9.17) is 4.42 Å². The molecule has 0 radical (unpaired) electrons. The zero-order chi connectivity index (χ0) is 19.6. The molecule has 29 heavy (non-hydrogen) atoms. The number of rotatable bonds is 4. The fraction of sp³-hybridized carbons (Fsp3) is 0.250. The van der Waals surface area contributed by atoms with Crippen molar-refractivity contribution in [1.29, 1.82) is 0 Å². The molecule has 3 heterocycles. The summed E-state index contributed by atoms with van der Waals surface area (Å²) in [7, 11) is 0. The van der Waals surface area contributed by atoms with Gasteiger partial charge in [-0.3, -0.25) is 4.90 Å². The van der Waals surface area contributed by atoms with Crippen molar-refractivity contribution in [1.82, 2.24) is 14.9 Å². The molecule has 5 heteroatoms. The van der Waals surface area contributed by atoms with Gasteiger partial charge in [-0.25, -0.2) is 9.97 Å². The number of hydrogen-bond acceptors (Lipinski definition) is 5. The molecule has 2 aromatic heterocycles. The molecule has 0 aliphatic carbocycles. The van der Waals surface area contributed by atoms with Crippen molar-refractivity contribution in [3.8, 4) is 11.1 Å². The van der Waals surface area contributed by atoms with Crippen molar-refractivity contribution in [2.45, 2.75) is 13.5 Å². The maximum Gasteiger partial charge on any atom is 0.225 e. The Morgan fingerprint density at radius 1 is 0.862 bits per heavy atom. The third-order valence-electron chi connectivity index (χ3n) is 5.54. The van der Waals surface area contributed by atoms with Crippen molar-refractivity contribution in [3.63, 3.8) is 0 Å². The molecular formula is C24H24N4O. The number of anilines is 1. The standard InChI is InChI=1S/C24H24N4O/c1-18-3-5-19(6-4-18)20-7-8-23-21(15-20)16-22(29-23)17-27-11-13-28(14-12-27)24-25-9-2-10-26-24/h2-10,15-16H,11-14,17H2,1H3. The van der Waals surface area contributed by atoms with Gasteiger partial charge in [0, 0.05) is 44.0 Å². The van der Waals surface area contributed by atoms with E-state index < -0.39 is 0 Å². The number of aryl methyl sites for hydroxylation is 1. The highest BCUT2D eigenvalue weighted by Crippen LogP contribution is 2.27. The third kappa shape index (κ3) is 3.87. The van der Waals surface area contributed by atoms with E-state index in [1.165, 1.54) is 16.7 Å². The summed E-state index contributed by atoms with van der Waals surface area (Å²) in [5, 5.41) is 1.16. The lowest BCUT2D eigenvalue weighted by molar-refractivity contribution is 0.232. The fourth-order valence-electron chi connectivity index (χ4n) is 3.88. The first-order valence-corrected chi connectivity index (χ1v) is 10.1. The van der Waals surface area contributed by atoms with Crippen LogP contribution < -0.4 is 4.90 Å². The molecule has 4 aromatic rings. The van der Waals surface area contributed by atoms with E-state index >= 15 is 0 Å². The minimum atomic E-state index is 0.819. The van der Waals surface area contributed by atoms with Crippen molar-refractivity contribution >= 4 is 16.9 Å². The van der Waals surface area contributed by atoms with Crippen LogP contribution >= 0.6 is 0 Å². The monoisotopic (exact) mass is 384 g/mol. The van der Waals surface area contributed by atoms with Crippen LogP contribution in [-0.2, 0) is 6.54 Å². The van der Waals surface area contributed by atoms with Gasteiger partial charge in [0.25, 0.3) is 0 Å². The summed E-state index contributed by atoms with van der Waals surface area (Å²) in [6.45, 7) is 6.76. The van der Waals surface area contributed by atoms with Crippen LogP contribution in [0, 0.1) is 6.92 Å². The predicted molar refractivity (Wildman–Crippen MR) is 116 cm³/mol. The van der Waals surface area contributed by atoms with Gasteiger partial charge in [-0.15, -0.1) is 0 Å². The molecule has 0 bridgehead atoms. The van der Waals surface area contributed by atoms with E-state index in [1.807, 2.05) is 6.07 Å². The van der Waals surface area contributed by atoms with Gasteiger partial charge in [0.15, 0.2) is 0 Å². The second-order valence-corrected chi connectivity index (χ2v) is 7.64. The Balaban J connectivity index is 1.27. The number of benzene rings is 2. The van der Waals surface area contributed by atoms with Crippen LogP contribution in [0.15, 0.2) is 71.4 Å². The Morgan fingerprint density at radius 3 is 2.34 bits per heavy atom. The van der Waals surface area contributed by atoms with Crippen molar-refractivity contribution in [3.05, 3.63) is 78.3 Å². The first-order chi connectivity index (χ1) is 14.2. The minimum absolute atomic E-state index is 0.819. The van der Waals surface area contributed by atoms with Crippen molar-refractivity contribution < 1.29 is 4.42 Å². The van der Waals surface area contributed by atoms with E-state index in [0.29, 0.717) is 0 Å². The van der Waals surface area contributed by atoms with Crippen molar-refractivity contribution in [2.75, 3.05) is 31.1 Å². The van der Waals surface area contributed by atoms with Crippen LogP contribution in [0.2, 0.25) is 0 Å². The van der Waals surface area contributed by atoms with E-state index in [0.717, 1.165) is 55.4 Å². The molecule has 2 aromatic carbocycles. The lowest BCUT2D eigenvalue weighted by Gasteiger charge is -2.34. The molecule has 1 fully saturated rings. The molecule has 5 rings (SSSR count). The van der Waals surface area contributed by atoms with E-state index in [1.54, 1.807) is 12.4 Å². The molecule has 0 atom stereocenters. The van der Waals surface area contributed by atoms with Crippen LogP contribution in [-0.4, -0.2) is 41.0 Å². The van der Waals surface area contributed by atoms with Crippen molar-refractivity contribution in [2.24, 2.45) is 0 Å². The van der Waals surface area contributed by atoms with Crippen LogP contribution in [0.1, 0.15) is 11.3 Å². The Bertz CT molecular complexity index is 1100. The van der Waals surface area contributed by atoms with Gasteiger partial charge in [0.05, 0.1) is 6.54 Å². The smallest absolute Gasteiger partial charge is 0.225 e. The quantitative estimate of drug-likeness (QED) is 0.518. The van der Waals surface area contributed by atoms with Gasteiger partial charge in [0.1, 0.15) is 11.3 Å². The Morgan fingerprint density at radius 2 is 1.59 bits per heavy atom. The predicted octanol–water partition coefficient (Wildman–Crippen LogP) is 4.52. The number of aromatic nitrogens is 2. The highest BCUT2D eigenvalue weighted by atomic mass is 16.3. The minimum Gasteiger partial charge on any atom is -0.460 e. The largest absolute Gasteiger partial charge is 0.460 e. The number of hydrogen-bond donors (Lipinski definition) is 0. The van der Waals surface area contributed by atoms with E-state index in [9.17, 15) is 0 Å². The molecule has 1 saturated heterocycles. The van der Waals surface area contributed by atoms with Crippen LogP contribution in [0.5, 0.6) is 0 Å². The van der Waals surface area contributed by atoms with E-state index in [2.05, 4.69) is 75.2 Å². The summed E-state index contributed by atoms with van der Waals surface area (Å²) in [6.07, 6.45) is 3.60. The maximum atomic E-state index is 6.11. The second kappa shape index (κ2) is 7.68. The summed E-state index contributed by atoms with van der Waals surface area (Å²) in [4.78, 5) is 13.4. The Labute approximate surface area is 170 Å². The third-order valence-corrected chi connectivity index (χ3v) is 5.54. The average Bonchev–Trinajstić information content (AvgIpc) is 3.17. The lowest BCUT2D eigenvalue weighted by atomic mass is 10.0. The van der Waals surface area contributed by atoms with Crippen LogP contribution in [0.3, 0.4) is 0 Å². The number of furan rings is 1. The second-order valence-electron chi connectivity index (χ2n) is 7.64. The molecule has 0 unspecified atom stereocenters. The number of nitrogens with zero attached hydrogens (tertiary/aromatic N) is 4. The van der Waals surface area contributed by atoms with Crippen LogP contribution in [0.4, 0.5) is 5.95 Å². The summed E-state index contributed by atoms with van der Waals surface area (Å²) in [5.41, 5.74) is 4.69. The molecule has 0 amide bonds. The van der Waals surface area contributed by atoms with E-state index in [-0.39, 0.29) is 0 Å². The Hall–Kier alpha value is -3.18. The highest BCUT2D eigenvalue weighted by Gasteiger charge is 2.20. The molecular weight excluding hydrogens is 360 g/mol. The van der Waals surface area contributed by atoms with Gasteiger partial charge in [-0.2, -0.15) is 0 Å². The normalized spacial score (nSPS) is 15.1. The van der Waals surface area contributed by atoms with Gasteiger partial charge in [-0.05, 0) is 42.3 Å². The maximum absolute atomic E-state index is 6.11. The molecule has 1 aliphatic rings. The first kappa shape index (κ1) is 17.9. The SMILES string of the molecule is Cc1ccc(-c2ccc3oc(CN4CCN(c5ncccn5)CC4)cc3c2)cc1. The molecule has 0 N–H and O–H groups in total. The summed E-state index contributed by atoms with van der Waals surface area (Å²) < 4.78 is 6.11. The highest BCUT2D eigenvalue weighted by molar-refractivity contribution is 5.84. The van der Waals surface area contributed by atoms with Crippen LogP contribution in [0.25, 0.3) is 22.1 Å². The lowest BCUT2D eigenvalue weighted by Crippen LogP contribution is -2.46. The number of piperazine rings is 1. The molecule has 0 saturated carbocycles. The first-order valence-electron chi connectivity index (χ1n) is 10.1. The fourth-order valence-corrected chi connectivity index (χ4v) is 3.88. The molecule has 0 spiro atoms. The zero-order valence-corrected chi connectivity index (χ0v) is 16.6. The summed E-state index contributed by atoms with van der Waals surface area (Å²) in [5.74, 6) is 1.84. The molecule has 146 valence electrons. The zero-order valence-electron chi connectivity index (χ0n) is 16.6. The topological polar surface area (TPSA) is 45.4 Å². The summed E-state index contributed by atoms with van der Waals surface area (Å²) >= 11 is 0. The van der Waals surface area contributed by atoms with Gasteiger partial charge < -0.3 is 9.32 Å². The average molecular weight is 384 g/mol. The molecule has 5 nitrogen and oxygen atoms in total. The Kier molecular flexibility index (Phi) is 4.74. The molecule has 1 aliphatic heterocycles. The van der Waals surface area contributed by atoms with Gasteiger partial charge in [0.2, 0.25) is 5.95 Å². The van der Waals surface area contributed by atoms with Gasteiger partial charge >= 0.3 is 0 Å². The number of fused-ring (bicyclic) bond motifs is 1. The summed E-state index contributed by atoms with van der Waals surface area (Å²) in [6, 6.07) is 19.1.